The summed E-state index contributed by atoms with van der Waals surface area (Å²) in [6.07, 6.45) is 0.941. The van der Waals surface area contributed by atoms with Crippen molar-refractivity contribution in [1.82, 2.24) is 4.98 Å². The molecule has 0 amide bonds. The van der Waals surface area contributed by atoms with Crippen molar-refractivity contribution in [3.05, 3.63) is 34.2 Å². The molecule has 0 saturated heterocycles. The van der Waals surface area contributed by atoms with Crippen LogP contribution in [0.3, 0.4) is 0 Å². The average molecular weight is 151 g/mol. The van der Waals surface area contributed by atoms with E-state index in [4.69, 9.17) is 0 Å². The molecule has 0 atom stereocenters. The van der Waals surface area contributed by atoms with E-state index in [1.54, 1.807) is 6.07 Å². The molecule has 1 aromatic heterocycles. The van der Waals surface area contributed by atoms with E-state index in [1.165, 1.54) is 6.07 Å². The van der Waals surface area contributed by atoms with Crippen LogP contribution in [-0.2, 0) is 6.42 Å². The number of H-pyrrole nitrogens is 1. The Bertz CT molecular complexity index is 275. The zero-order valence-corrected chi connectivity index (χ0v) is 6.92. The van der Waals surface area contributed by atoms with Crippen molar-refractivity contribution in [3.63, 3.8) is 0 Å². The fourth-order valence-corrected chi connectivity index (χ4v) is 1.05. The predicted octanol–water partition coefficient (Wildman–Crippen LogP) is 1.57. The van der Waals surface area contributed by atoms with E-state index < -0.39 is 0 Å². The highest BCUT2D eigenvalue weighted by Crippen LogP contribution is 2.01. The molecule has 0 aliphatic carbocycles. The number of nitrogens with one attached hydrogen (secondary N) is 1. The largest absolute Gasteiger partial charge is 0.326 e. The Hall–Kier alpha value is -1.05. The zero-order valence-electron chi connectivity index (χ0n) is 6.92. The minimum absolute atomic E-state index is 0.0110. The first-order valence-corrected chi connectivity index (χ1v) is 3.86. The predicted molar refractivity (Wildman–Crippen MR) is 45.6 cm³/mol. The summed E-state index contributed by atoms with van der Waals surface area (Å²) in [5.41, 5.74) is 1.01. The summed E-state index contributed by atoms with van der Waals surface area (Å²) < 4.78 is 0. The van der Waals surface area contributed by atoms with E-state index in [2.05, 4.69) is 18.8 Å². The molecule has 11 heavy (non-hydrogen) atoms. The standard InChI is InChI=1S/C9H13NO/c1-7(2)6-8-4-3-5-9(11)10-8/h3-5,7H,6H2,1-2H3,(H,10,11). The molecule has 0 aromatic carbocycles. The van der Waals surface area contributed by atoms with Gasteiger partial charge in [-0.05, 0) is 18.4 Å². The van der Waals surface area contributed by atoms with E-state index in [9.17, 15) is 4.79 Å². The van der Waals surface area contributed by atoms with E-state index >= 15 is 0 Å². The second-order valence-corrected chi connectivity index (χ2v) is 3.14. The molecular weight excluding hydrogens is 138 g/mol. The minimum atomic E-state index is -0.0110. The Morgan fingerprint density at radius 1 is 1.45 bits per heavy atom. The van der Waals surface area contributed by atoms with Crippen molar-refractivity contribution in [2.24, 2.45) is 5.92 Å². The van der Waals surface area contributed by atoms with Crippen molar-refractivity contribution in [2.75, 3.05) is 0 Å². The molecule has 2 nitrogen and oxygen atoms in total. The second kappa shape index (κ2) is 3.37. The minimum Gasteiger partial charge on any atom is -0.326 e. The molecule has 0 aliphatic rings. The average Bonchev–Trinajstić information content (AvgIpc) is 1.85. The Morgan fingerprint density at radius 2 is 2.18 bits per heavy atom. The lowest BCUT2D eigenvalue weighted by atomic mass is 10.1. The van der Waals surface area contributed by atoms with Gasteiger partial charge in [-0.2, -0.15) is 0 Å². The van der Waals surface area contributed by atoms with Crippen LogP contribution in [0.2, 0.25) is 0 Å². The molecule has 1 rings (SSSR count). The van der Waals surface area contributed by atoms with Crippen LogP contribution < -0.4 is 5.56 Å². The number of hydrogen-bond acceptors (Lipinski definition) is 1. The monoisotopic (exact) mass is 151 g/mol. The number of pyridine rings is 1. The van der Waals surface area contributed by atoms with Gasteiger partial charge in [0.1, 0.15) is 0 Å². The third-order valence-electron chi connectivity index (χ3n) is 1.46. The van der Waals surface area contributed by atoms with Crippen LogP contribution in [0.15, 0.2) is 23.0 Å². The van der Waals surface area contributed by atoms with Crippen LogP contribution in [0.25, 0.3) is 0 Å². The molecule has 2 heteroatoms. The third kappa shape index (κ3) is 2.58. The van der Waals surface area contributed by atoms with Crippen molar-refractivity contribution in [1.29, 1.82) is 0 Å². The van der Waals surface area contributed by atoms with E-state index in [0.29, 0.717) is 5.92 Å². The van der Waals surface area contributed by atoms with Gasteiger partial charge in [-0.1, -0.05) is 19.9 Å². The van der Waals surface area contributed by atoms with Gasteiger partial charge in [0.2, 0.25) is 5.56 Å². The lowest BCUT2D eigenvalue weighted by Crippen LogP contribution is -2.07. The zero-order chi connectivity index (χ0) is 8.27. The van der Waals surface area contributed by atoms with E-state index in [1.807, 2.05) is 6.07 Å². The summed E-state index contributed by atoms with van der Waals surface area (Å²) in [7, 11) is 0. The van der Waals surface area contributed by atoms with Crippen molar-refractivity contribution < 1.29 is 0 Å². The van der Waals surface area contributed by atoms with Gasteiger partial charge in [0.25, 0.3) is 0 Å². The van der Waals surface area contributed by atoms with Crippen LogP contribution in [0.1, 0.15) is 19.5 Å². The van der Waals surface area contributed by atoms with Crippen molar-refractivity contribution >= 4 is 0 Å². The molecule has 1 aromatic rings. The summed E-state index contributed by atoms with van der Waals surface area (Å²) in [6.45, 7) is 4.26. The van der Waals surface area contributed by atoms with E-state index in [-0.39, 0.29) is 5.56 Å². The van der Waals surface area contributed by atoms with Gasteiger partial charge < -0.3 is 4.98 Å². The smallest absolute Gasteiger partial charge is 0.248 e. The lowest BCUT2D eigenvalue weighted by molar-refractivity contribution is 0.634. The number of rotatable bonds is 2. The number of aromatic nitrogens is 1. The maximum absolute atomic E-state index is 10.8. The SMILES string of the molecule is CC(C)Cc1cccc(=O)[nH]1. The van der Waals surface area contributed by atoms with Gasteiger partial charge >= 0.3 is 0 Å². The first kappa shape index (κ1) is 8.05. The van der Waals surface area contributed by atoms with Crippen LogP contribution >= 0.6 is 0 Å². The first-order chi connectivity index (χ1) is 5.18. The van der Waals surface area contributed by atoms with Crippen molar-refractivity contribution in [2.45, 2.75) is 20.3 Å². The van der Waals surface area contributed by atoms with Gasteiger partial charge in [0.15, 0.2) is 0 Å². The molecule has 0 bridgehead atoms. The fourth-order valence-electron chi connectivity index (χ4n) is 1.05. The molecule has 0 spiro atoms. The highest BCUT2D eigenvalue weighted by Gasteiger charge is 1.96. The summed E-state index contributed by atoms with van der Waals surface area (Å²) in [6, 6.07) is 5.27. The van der Waals surface area contributed by atoms with Crippen LogP contribution in [0.5, 0.6) is 0 Å². The maximum Gasteiger partial charge on any atom is 0.248 e. The fraction of sp³-hybridized carbons (Fsp3) is 0.444. The second-order valence-electron chi connectivity index (χ2n) is 3.14. The highest BCUT2D eigenvalue weighted by atomic mass is 16.1. The molecule has 0 saturated carbocycles. The van der Waals surface area contributed by atoms with Gasteiger partial charge in [-0.25, -0.2) is 0 Å². The number of aromatic amines is 1. The van der Waals surface area contributed by atoms with Gasteiger partial charge in [0.05, 0.1) is 0 Å². The topological polar surface area (TPSA) is 32.9 Å². The molecule has 60 valence electrons. The molecule has 0 radical (unpaired) electrons. The maximum atomic E-state index is 10.8. The van der Waals surface area contributed by atoms with Gasteiger partial charge in [-0.15, -0.1) is 0 Å². The molecular formula is C9H13NO. The lowest BCUT2D eigenvalue weighted by Gasteiger charge is -2.02. The summed E-state index contributed by atoms with van der Waals surface area (Å²) in [5, 5.41) is 0. The van der Waals surface area contributed by atoms with Gasteiger partial charge in [0, 0.05) is 11.8 Å². The van der Waals surface area contributed by atoms with Crippen LogP contribution in [-0.4, -0.2) is 4.98 Å². The normalized spacial score (nSPS) is 10.5. The quantitative estimate of drug-likeness (QED) is 0.683. The molecule has 1 heterocycles. The van der Waals surface area contributed by atoms with Crippen LogP contribution in [0, 0.1) is 5.92 Å². The molecule has 0 unspecified atom stereocenters. The molecule has 0 aliphatic heterocycles. The summed E-state index contributed by atoms with van der Waals surface area (Å²) >= 11 is 0. The Kier molecular flexibility index (Phi) is 2.47. The molecule has 1 N–H and O–H groups in total. The van der Waals surface area contributed by atoms with Crippen molar-refractivity contribution in [3.8, 4) is 0 Å². The third-order valence-corrected chi connectivity index (χ3v) is 1.46. The van der Waals surface area contributed by atoms with Gasteiger partial charge in [-0.3, -0.25) is 4.79 Å². The highest BCUT2D eigenvalue weighted by molar-refractivity contribution is 5.04. The first-order valence-electron chi connectivity index (χ1n) is 3.86. The van der Waals surface area contributed by atoms with E-state index in [0.717, 1.165) is 12.1 Å². The van der Waals surface area contributed by atoms with Crippen LogP contribution in [0.4, 0.5) is 0 Å². The Morgan fingerprint density at radius 3 is 2.73 bits per heavy atom. The summed E-state index contributed by atoms with van der Waals surface area (Å²) in [4.78, 5) is 13.6. The molecule has 0 fully saturated rings. The summed E-state index contributed by atoms with van der Waals surface area (Å²) in [5.74, 6) is 0.591. The number of hydrogen-bond donors (Lipinski definition) is 1. The Balaban J connectivity index is 2.80. The Labute approximate surface area is 66.3 Å².